The second-order valence-corrected chi connectivity index (χ2v) is 12.3. The topological polar surface area (TPSA) is 110 Å². The summed E-state index contributed by atoms with van der Waals surface area (Å²) in [5.41, 5.74) is 1.44. The van der Waals surface area contributed by atoms with E-state index in [0.717, 1.165) is 44.9 Å². The van der Waals surface area contributed by atoms with Gasteiger partial charge < -0.3 is 15.2 Å². The Labute approximate surface area is 214 Å². The number of carboxylic acid groups (broad SMARTS) is 1. The molecule has 0 aromatic carbocycles. The van der Waals surface area contributed by atoms with Crippen LogP contribution in [-0.2, 0) is 23.9 Å². The highest BCUT2D eigenvalue weighted by Gasteiger charge is 2.59. The molecule has 0 aliphatic heterocycles. The number of aliphatic carboxylic acids is 1. The fourth-order valence-electron chi connectivity index (χ4n) is 8.07. The van der Waals surface area contributed by atoms with Gasteiger partial charge in [0.15, 0.2) is 5.78 Å². The third-order valence-corrected chi connectivity index (χ3v) is 10.5. The van der Waals surface area contributed by atoms with E-state index in [0.29, 0.717) is 30.6 Å². The van der Waals surface area contributed by atoms with Gasteiger partial charge >= 0.3 is 11.9 Å². The highest BCUT2D eigenvalue weighted by molar-refractivity contribution is 5.91. The third kappa shape index (κ3) is 4.87. The molecule has 0 aromatic rings. The van der Waals surface area contributed by atoms with Crippen molar-refractivity contribution in [3.8, 4) is 0 Å². The van der Waals surface area contributed by atoms with E-state index in [2.05, 4.69) is 19.2 Å². The molecule has 8 atom stereocenters. The van der Waals surface area contributed by atoms with Crippen molar-refractivity contribution in [1.82, 2.24) is 5.32 Å². The van der Waals surface area contributed by atoms with E-state index < -0.39 is 17.9 Å². The van der Waals surface area contributed by atoms with Crippen molar-refractivity contribution in [2.45, 2.75) is 110 Å². The number of fused-ring (bicyclic) bond motifs is 5. The fraction of sp³-hybridized carbons (Fsp3) is 0.793. The zero-order valence-corrected chi connectivity index (χ0v) is 22.3. The Hall–Kier alpha value is -2.18. The van der Waals surface area contributed by atoms with Crippen molar-refractivity contribution in [1.29, 1.82) is 0 Å². The molecule has 0 radical (unpaired) electrons. The van der Waals surface area contributed by atoms with E-state index in [-0.39, 0.29) is 47.4 Å². The lowest BCUT2D eigenvalue weighted by atomic mass is 9.47. The van der Waals surface area contributed by atoms with Crippen molar-refractivity contribution >= 4 is 23.6 Å². The van der Waals surface area contributed by atoms with Crippen molar-refractivity contribution in [2.24, 2.45) is 34.5 Å². The van der Waals surface area contributed by atoms with Gasteiger partial charge in [0.05, 0.1) is 6.42 Å². The zero-order valence-electron chi connectivity index (χ0n) is 22.3. The molecule has 3 saturated carbocycles. The number of rotatable bonds is 8. The lowest BCUT2D eigenvalue weighted by Crippen LogP contribution is -2.51. The number of nitrogens with one attached hydrogen (secondary N) is 1. The first-order valence-corrected chi connectivity index (χ1v) is 13.9. The standard InChI is InChI=1S/C29H43NO6/c1-5-17(2)26(27(34)35)30-24(32)10-11-25(33)36-23-9-8-21-20-7-6-18-16-19(31)12-14-28(18,3)22(20)13-15-29(21,23)4/h16-17,20-23,26H,5-15H2,1-4H3,(H,30,32)(H,34,35)/t17-,20-,21+,22-,23-,26-,28+,29+/m1/s1. The third-order valence-electron chi connectivity index (χ3n) is 10.5. The van der Waals surface area contributed by atoms with Gasteiger partial charge in [-0.25, -0.2) is 4.79 Å². The molecule has 0 saturated heterocycles. The predicted octanol–water partition coefficient (Wildman–Crippen LogP) is 4.83. The highest BCUT2D eigenvalue weighted by atomic mass is 16.5. The maximum absolute atomic E-state index is 12.7. The number of ketones is 1. The molecule has 7 nitrogen and oxygen atoms in total. The first kappa shape index (κ1) is 26.9. The molecule has 200 valence electrons. The van der Waals surface area contributed by atoms with Crippen LogP contribution in [0.1, 0.15) is 98.3 Å². The number of hydrogen-bond acceptors (Lipinski definition) is 5. The van der Waals surface area contributed by atoms with Crippen molar-refractivity contribution in [2.75, 3.05) is 0 Å². The number of hydrogen-bond donors (Lipinski definition) is 2. The minimum Gasteiger partial charge on any atom is -0.480 e. The summed E-state index contributed by atoms with van der Waals surface area (Å²) in [6.07, 6.45) is 10.1. The summed E-state index contributed by atoms with van der Waals surface area (Å²) in [5, 5.41) is 11.9. The van der Waals surface area contributed by atoms with Gasteiger partial charge in [0.2, 0.25) is 5.91 Å². The van der Waals surface area contributed by atoms with Crippen LogP contribution < -0.4 is 5.32 Å². The quantitative estimate of drug-likeness (QED) is 0.461. The molecule has 0 aromatic heterocycles. The molecular weight excluding hydrogens is 458 g/mol. The average molecular weight is 502 g/mol. The maximum Gasteiger partial charge on any atom is 0.326 e. The summed E-state index contributed by atoms with van der Waals surface area (Å²) >= 11 is 0. The summed E-state index contributed by atoms with van der Waals surface area (Å²) < 4.78 is 5.99. The lowest BCUT2D eigenvalue weighted by Gasteiger charge is -2.57. The summed E-state index contributed by atoms with van der Waals surface area (Å²) in [6, 6.07) is -0.946. The number of carbonyl (C=O) groups is 4. The minimum absolute atomic E-state index is 0.0395. The van der Waals surface area contributed by atoms with Gasteiger partial charge in [-0.05, 0) is 80.1 Å². The second-order valence-electron chi connectivity index (χ2n) is 12.3. The van der Waals surface area contributed by atoms with Crippen LogP contribution in [0.4, 0.5) is 0 Å². The maximum atomic E-state index is 12.7. The summed E-state index contributed by atoms with van der Waals surface area (Å²) in [4.78, 5) is 48.6. The fourth-order valence-corrected chi connectivity index (χ4v) is 8.07. The highest BCUT2D eigenvalue weighted by Crippen LogP contribution is 2.65. The lowest BCUT2D eigenvalue weighted by molar-refractivity contribution is -0.160. The van der Waals surface area contributed by atoms with Gasteiger partial charge in [-0.2, -0.15) is 0 Å². The van der Waals surface area contributed by atoms with Crippen LogP contribution in [0.15, 0.2) is 11.6 Å². The Morgan fingerprint density at radius 1 is 1.08 bits per heavy atom. The molecule has 2 N–H and O–H groups in total. The number of ether oxygens (including phenoxy) is 1. The predicted molar refractivity (Wildman–Crippen MR) is 135 cm³/mol. The smallest absolute Gasteiger partial charge is 0.326 e. The molecule has 36 heavy (non-hydrogen) atoms. The van der Waals surface area contributed by atoms with Crippen LogP contribution in [-0.4, -0.2) is 40.9 Å². The number of esters is 1. The van der Waals surface area contributed by atoms with Gasteiger partial charge in [0.25, 0.3) is 0 Å². The van der Waals surface area contributed by atoms with Crippen molar-refractivity contribution in [3.05, 3.63) is 11.6 Å². The molecule has 0 spiro atoms. The Morgan fingerprint density at radius 3 is 2.53 bits per heavy atom. The summed E-state index contributed by atoms with van der Waals surface area (Å²) in [7, 11) is 0. The molecular formula is C29H43NO6. The first-order chi connectivity index (χ1) is 17.0. The van der Waals surface area contributed by atoms with E-state index >= 15 is 0 Å². The van der Waals surface area contributed by atoms with Crippen LogP contribution in [0.5, 0.6) is 0 Å². The van der Waals surface area contributed by atoms with E-state index in [4.69, 9.17) is 4.74 Å². The van der Waals surface area contributed by atoms with Crippen LogP contribution in [0.2, 0.25) is 0 Å². The number of carboxylic acids is 1. The van der Waals surface area contributed by atoms with E-state index in [1.807, 2.05) is 13.0 Å². The molecule has 4 aliphatic carbocycles. The van der Waals surface area contributed by atoms with Gasteiger partial charge in [-0.15, -0.1) is 0 Å². The molecule has 7 heteroatoms. The minimum atomic E-state index is -1.06. The molecule has 1 amide bonds. The normalized spacial score (nSPS) is 37.0. The van der Waals surface area contributed by atoms with Gasteiger partial charge in [0, 0.05) is 18.3 Å². The van der Waals surface area contributed by atoms with Crippen molar-refractivity contribution < 1.29 is 29.0 Å². The Bertz CT molecular complexity index is 942. The zero-order chi connectivity index (χ0) is 26.3. The molecule has 4 aliphatic rings. The first-order valence-electron chi connectivity index (χ1n) is 13.9. The van der Waals surface area contributed by atoms with Gasteiger partial charge in [-0.1, -0.05) is 39.7 Å². The molecule has 3 fully saturated rings. The summed E-state index contributed by atoms with van der Waals surface area (Å²) in [6.45, 7) is 8.33. The number of amides is 1. The van der Waals surface area contributed by atoms with E-state index in [1.165, 1.54) is 5.57 Å². The second kappa shape index (κ2) is 10.3. The Balaban J connectivity index is 1.34. The van der Waals surface area contributed by atoms with Gasteiger partial charge in [-0.3, -0.25) is 14.4 Å². The van der Waals surface area contributed by atoms with Gasteiger partial charge in [0.1, 0.15) is 12.1 Å². The van der Waals surface area contributed by atoms with Crippen LogP contribution in [0.25, 0.3) is 0 Å². The number of carbonyl (C=O) groups excluding carboxylic acids is 3. The Kier molecular flexibility index (Phi) is 7.68. The van der Waals surface area contributed by atoms with Crippen LogP contribution >= 0.6 is 0 Å². The monoisotopic (exact) mass is 501 g/mol. The Morgan fingerprint density at radius 2 is 1.83 bits per heavy atom. The average Bonchev–Trinajstić information content (AvgIpc) is 3.17. The van der Waals surface area contributed by atoms with E-state index in [1.54, 1.807) is 6.92 Å². The molecule has 4 rings (SSSR count). The molecule has 0 bridgehead atoms. The van der Waals surface area contributed by atoms with Crippen molar-refractivity contribution in [3.63, 3.8) is 0 Å². The van der Waals surface area contributed by atoms with E-state index in [9.17, 15) is 24.3 Å². The van der Waals surface area contributed by atoms with Crippen LogP contribution in [0.3, 0.4) is 0 Å². The van der Waals surface area contributed by atoms with Crippen LogP contribution in [0, 0.1) is 34.5 Å². The molecule has 0 heterocycles. The number of allylic oxidation sites excluding steroid dienone is 1. The largest absolute Gasteiger partial charge is 0.480 e. The molecule has 0 unspecified atom stereocenters. The SMILES string of the molecule is CC[C@@H](C)[C@@H](NC(=O)CCC(=O)O[C@@H]1CC[C@H]2[C@H]3CCC4=CC(=O)CC[C@]4(C)[C@@H]3CC[C@]12C)C(=O)O. The summed E-state index contributed by atoms with van der Waals surface area (Å²) in [5.74, 6) is -0.0631.